The average molecular weight is 416 g/mol. The van der Waals surface area contributed by atoms with Crippen LogP contribution in [0.2, 0.25) is 0 Å². The molecule has 1 aliphatic heterocycles. The number of benzene rings is 1. The second-order valence-electron chi connectivity index (χ2n) is 7.01. The standard InChI is InChI=1S/C19H20N4O5S/c1-22-16-4-3-15(10-17(16)28-19(22)25)29(26,27)23(11-13-6-8-20-9-7-13)12-14-2-5-18(24)21-14/h3-4,6-10,14H,2,5,11-12H2,1H3,(H,21,24)/t14-/m0/s1. The number of aryl methyl sites for hydroxylation is 1. The van der Waals surface area contributed by atoms with Crippen molar-refractivity contribution in [3.05, 3.63) is 58.8 Å². The van der Waals surface area contributed by atoms with E-state index in [4.69, 9.17) is 4.42 Å². The van der Waals surface area contributed by atoms with Crippen LogP contribution in [0.15, 0.2) is 56.8 Å². The van der Waals surface area contributed by atoms with Gasteiger partial charge in [-0.2, -0.15) is 4.31 Å². The van der Waals surface area contributed by atoms with E-state index in [1.54, 1.807) is 37.6 Å². The first-order valence-corrected chi connectivity index (χ1v) is 10.6. The van der Waals surface area contributed by atoms with Crippen LogP contribution in [0.25, 0.3) is 11.1 Å². The number of fused-ring (bicyclic) bond motifs is 1. The van der Waals surface area contributed by atoms with Gasteiger partial charge in [0, 0.05) is 51.1 Å². The van der Waals surface area contributed by atoms with Gasteiger partial charge in [-0.3, -0.25) is 14.3 Å². The van der Waals surface area contributed by atoms with E-state index < -0.39 is 15.8 Å². The van der Waals surface area contributed by atoms with Crippen molar-refractivity contribution in [1.29, 1.82) is 0 Å². The summed E-state index contributed by atoms with van der Waals surface area (Å²) < 4.78 is 34.6. The fourth-order valence-electron chi connectivity index (χ4n) is 3.42. The van der Waals surface area contributed by atoms with Gasteiger partial charge in [-0.1, -0.05) is 0 Å². The molecule has 0 aliphatic carbocycles. The first-order chi connectivity index (χ1) is 13.8. The van der Waals surface area contributed by atoms with Crippen molar-refractivity contribution >= 4 is 27.0 Å². The molecule has 0 unspecified atom stereocenters. The Bertz CT molecular complexity index is 1220. The molecule has 3 aromatic rings. The van der Waals surface area contributed by atoms with Crippen LogP contribution in [0, 0.1) is 0 Å². The van der Waals surface area contributed by atoms with E-state index in [0.717, 1.165) is 5.56 Å². The van der Waals surface area contributed by atoms with Gasteiger partial charge in [-0.15, -0.1) is 0 Å². The number of hydrogen-bond donors (Lipinski definition) is 1. The highest BCUT2D eigenvalue weighted by Gasteiger charge is 2.31. The van der Waals surface area contributed by atoms with Gasteiger partial charge in [0.15, 0.2) is 5.58 Å². The summed E-state index contributed by atoms with van der Waals surface area (Å²) in [6.07, 6.45) is 4.16. The van der Waals surface area contributed by atoms with E-state index in [0.29, 0.717) is 18.4 Å². The average Bonchev–Trinajstić information content (AvgIpc) is 3.24. The number of carbonyl (C=O) groups is 1. The minimum absolute atomic E-state index is 0.0257. The van der Waals surface area contributed by atoms with Crippen LogP contribution in [0.5, 0.6) is 0 Å². The molecule has 1 atom stereocenters. The largest absolute Gasteiger partial charge is 0.419 e. The SMILES string of the molecule is Cn1c(=O)oc2cc(S(=O)(=O)N(Cc3ccncc3)C[C@@H]3CCC(=O)N3)ccc21. The van der Waals surface area contributed by atoms with Crippen molar-refractivity contribution in [2.24, 2.45) is 7.05 Å². The highest BCUT2D eigenvalue weighted by Crippen LogP contribution is 2.24. The third-order valence-corrected chi connectivity index (χ3v) is 6.83. The molecule has 9 nitrogen and oxygen atoms in total. The number of hydrogen-bond acceptors (Lipinski definition) is 6. The van der Waals surface area contributed by atoms with E-state index >= 15 is 0 Å². The highest BCUT2D eigenvalue weighted by atomic mass is 32.2. The minimum atomic E-state index is -3.91. The van der Waals surface area contributed by atoms with E-state index in [1.807, 2.05) is 0 Å². The lowest BCUT2D eigenvalue weighted by molar-refractivity contribution is -0.119. The molecular weight excluding hydrogens is 396 g/mol. The smallest absolute Gasteiger partial charge is 0.408 e. The van der Waals surface area contributed by atoms with Crippen LogP contribution in [0.4, 0.5) is 0 Å². The molecule has 1 amide bonds. The summed E-state index contributed by atoms with van der Waals surface area (Å²) in [5, 5.41) is 2.81. The fourth-order valence-corrected chi connectivity index (χ4v) is 4.91. The van der Waals surface area contributed by atoms with Crippen LogP contribution < -0.4 is 11.1 Å². The highest BCUT2D eigenvalue weighted by molar-refractivity contribution is 7.89. The minimum Gasteiger partial charge on any atom is -0.408 e. The lowest BCUT2D eigenvalue weighted by Gasteiger charge is -2.25. The number of amides is 1. The quantitative estimate of drug-likeness (QED) is 0.641. The fraction of sp³-hybridized carbons (Fsp3) is 0.316. The number of carbonyl (C=O) groups excluding carboxylic acids is 1. The van der Waals surface area contributed by atoms with Gasteiger partial charge in [0.05, 0.1) is 10.4 Å². The van der Waals surface area contributed by atoms with Crippen molar-refractivity contribution in [1.82, 2.24) is 19.2 Å². The lowest BCUT2D eigenvalue weighted by atomic mass is 10.2. The molecule has 0 spiro atoms. The summed E-state index contributed by atoms with van der Waals surface area (Å²) in [5.74, 6) is -0.638. The summed E-state index contributed by atoms with van der Waals surface area (Å²) in [6, 6.07) is 7.61. The lowest BCUT2D eigenvalue weighted by Crippen LogP contribution is -2.41. The molecule has 0 radical (unpaired) electrons. The maximum absolute atomic E-state index is 13.4. The second kappa shape index (κ2) is 7.45. The summed E-state index contributed by atoms with van der Waals surface area (Å²) in [6.45, 7) is 0.279. The number of oxazole rings is 1. The first-order valence-electron chi connectivity index (χ1n) is 9.12. The van der Waals surface area contributed by atoms with Gasteiger partial charge in [-0.25, -0.2) is 13.2 Å². The second-order valence-corrected chi connectivity index (χ2v) is 8.95. The van der Waals surface area contributed by atoms with E-state index in [2.05, 4.69) is 10.3 Å². The Morgan fingerprint density at radius 1 is 1.24 bits per heavy atom. The van der Waals surface area contributed by atoms with Gasteiger partial charge in [0.1, 0.15) is 0 Å². The summed E-state index contributed by atoms with van der Waals surface area (Å²) in [5.41, 5.74) is 1.49. The Hall–Kier alpha value is -2.98. The number of nitrogens with one attached hydrogen (secondary N) is 1. The molecular formula is C19H20N4O5S. The van der Waals surface area contributed by atoms with Crippen LogP contribution >= 0.6 is 0 Å². The summed E-state index contributed by atoms with van der Waals surface area (Å²) in [4.78, 5) is 27.3. The molecule has 1 aromatic carbocycles. The maximum Gasteiger partial charge on any atom is 0.419 e. The third kappa shape index (κ3) is 3.81. The molecule has 10 heteroatoms. The molecule has 152 valence electrons. The van der Waals surface area contributed by atoms with Crippen molar-refractivity contribution < 1.29 is 17.6 Å². The number of pyridine rings is 1. The van der Waals surface area contributed by atoms with E-state index in [9.17, 15) is 18.0 Å². The molecule has 1 saturated heterocycles. The van der Waals surface area contributed by atoms with Gasteiger partial charge in [-0.05, 0) is 36.2 Å². The Balaban J connectivity index is 1.71. The van der Waals surface area contributed by atoms with Gasteiger partial charge >= 0.3 is 5.76 Å². The van der Waals surface area contributed by atoms with Crippen molar-refractivity contribution in [2.75, 3.05) is 6.54 Å². The normalized spacial score (nSPS) is 17.2. The number of rotatable bonds is 6. The number of sulfonamides is 1. The van der Waals surface area contributed by atoms with E-state index in [-0.39, 0.29) is 35.5 Å². The predicted octanol–water partition coefficient (Wildman–Crippen LogP) is 0.996. The Morgan fingerprint density at radius 3 is 2.69 bits per heavy atom. The first kappa shape index (κ1) is 19.3. The summed E-state index contributed by atoms with van der Waals surface area (Å²) >= 11 is 0. The zero-order valence-corrected chi connectivity index (χ0v) is 16.6. The Kier molecular flexibility index (Phi) is 4.97. The van der Waals surface area contributed by atoms with Crippen LogP contribution in [0.3, 0.4) is 0 Å². The molecule has 0 bridgehead atoms. The van der Waals surface area contributed by atoms with Crippen LogP contribution in [-0.4, -0.2) is 40.8 Å². The van der Waals surface area contributed by atoms with Crippen molar-refractivity contribution in [2.45, 2.75) is 30.3 Å². The molecule has 0 saturated carbocycles. The molecule has 1 fully saturated rings. The zero-order chi connectivity index (χ0) is 20.6. The maximum atomic E-state index is 13.4. The van der Waals surface area contributed by atoms with Gasteiger partial charge in [0.2, 0.25) is 15.9 Å². The zero-order valence-electron chi connectivity index (χ0n) is 15.7. The molecule has 29 heavy (non-hydrogen) atoms. The molecule has 1 N–H and O–H groups in total. The Morgan fingerprint density at radius 2 is 2.00 bits per heavy atom. The van der Waals surface area contributed by atoms with Gasteiger partial charge < -0.3 is 9.73 Å². The predicted molar refractivity (Wildman–Crippen MR) is 104 cm³/mol. The summed E-state index contributed by atoms with van der Waals surface area (Å²) in [7, 11) is -2.35. The monoisotopic (exact) mass is 416 g/mol. The van der Waals surface area contributed by atoms with Crippen molar-refractivity contribution in [3.8, 4) is 0 Å². The number of aromatic nitrogens is 2. The molecule has 4 rings (SSSR count). The third-order valence-electron chi connectivity index (χ3n) is 5.02. The molecule has 2 aromatic heterocycles. The van der Waals surface area contributed by atoms with Crippen molar-refractivity contribution in [3.63, 3.8) is 0 Å². The molecule has 3 heterocycles. The van der Waals surface area contributed by atoms with E-state index in [1.165, 1.54) is 21.0 Å². The van der Waals surface area contributed by atoms with Gasteiger partial charge in [0.25, 0.3) is 0 Å². The van der Waals surface area contributed by atoms with Crippen LogP contribution in [0.1, 0.15) is 18.4 Å². The molecule has 1 aliphatic rings. The topological polar surface area (TPSA) is 115 Å². The van der Waals surface area contributed by atoms with Crippen LogP contribution in [-0.2, 0) is 28.4 Å². The number of nitrogens with zero attached hydrogens (tertiary/aromatic N) is 3. The Labute approximate surface area is 167 Å².